The SMILES string of the molecule is COc1ccc(CNC(=O)N2CC(C)CC(C(=O)O)C2)c(F)c1. The average molecular weight is 324 g/mol. The minimum absolute atomic E-state index is 0.0390. The molecule has 2 unspecified atom stereocenters. The summed E-state index contributed by atoms with van der Waals surface area (Å²) in [6, 6.07) is 4.05. The number of rotatable bonds is 4. The maximum absolute atomic E-state index is 13.8. The first-order chi connectivity index (χ1) is 10.9. The Kier molecular flexibility index (Phi) is 5.41. The maximum Gasteiger partial charge on any atom is 0.317 e. The van der Waals surface area contributed by atoms with Gasteiger partial charge in [0.15, 0.2) is 0 Å². The predicted molar refractivity (Wildman–Crippen MR) is 81.7 cm³/mol. The van der Waals surface area contributed by atoms with Crippen LogP contribution in [0.3, 0.4) is 0 Å². The number of aliphatic carboxylic acids is 1. The molecule has 0 radical (unpaired) electrons. The van der Waals surface area contributed by atoms with E-state index in [4.69, 9.17) is 9.84 Å². The van der Waals surface area contributed by atoms with Crippen LogP contribution >= 0.6 is 0 Å². The number of piperidine rings is 1. The third-order valence-corrected chi connectivity index (χ3v) is 3.99. The van der Waals surface area contributed by atoms with Gasteiger partial charge < -0.3 is 20.1 Å². The Morgan fingerprint density at radius 3 is 2.78 bits per heavy atom. The fourth-order valence-corrected chi connectivity index (χ4v) is 2.78. The van der Waals surface area contributed by atoms with Crippen LogP contribution < -0.4 is 10.1 Å². The number of hydrogen-bond acceptors (Lipinski definition) is 3. The normalized spacial score (nSPS) is 20.9. The van der Waals surface area contributed by atoms with Gasteiger partial charge in [0.1, 0.15) is 11.6 Å². The summed E-state index contributed by atoms with van der Waals surface area (Å²) in [7, 11) is 1.45. The number of hydrogen-bond donors (Lipinski definition) is 2. The van der Waals surface area contributed by atoms with Crippen molar-refractivity contribution < 1.29 is 23.8 Å². The van der Waals surface area contributed by atoms with Gasteiger partial charge >= 0.3 is 12.0 Å². The van der Waals surface area contributed by atoms with Crippen molar-refractivity contribution in [2.45, 2.75) is 19.9 Å². The van der Waals surface area contributed by atoms with E-state index in [-0.39, 0.29) is 25.0 Å². The third kappa shape index (κ3) is 4.34. The van der Waals surface area contributed by atoms with Gasteiger partial charge in [-0.25, -0.2) is 9.18 Å². The number of benzene rings is 1. The molecule has 0 aliphatic carbocycles. The number of ether oxygens (including phenoxy) is 1. The summed E-state index contributed by atoms with van der Waals surface area (Å²) in [6.07, 6.45) is 0.562. The first-order valence-corrected chi connectivity index (χ1v) is 7.48. The Labute approximate surface area is 134 Å². The van der Waals surface area contributed by atoms with Crippen molar-refractivity contribution in [2.24, 2.45) is 11.8 Å². The van der Waals surface area contributed by atoms with Crippen LogP contribution in [0.25, 0.3) is 0 Å². The van der Waals surface area contributed by atoms with Gasteiger partial charge in [0.05, 0.1) is 13.0 Å². The summed E-state index contributed by atoms with van der Waals surface area (Å²) in [5.74, 6) is -1.38. The molecular weight excluding hydrogens is 303 g/mol. The molecule has 7 heteroatoms. The zero-order valence-corrected chi connectivity index (χ0v) is 13.2. The Bertz CT molecular complexity index is 593. The number of nitrogens with one attached hydrogen (secondary N) is 1. The molecule has 6 nitrogen and oxygen atoms in total. The molecule has 23 heavy (non-hydrogen) atoms. The smallest absolute Gasteiger partial charge is 0.317 e. The van der Waals surface area contributed by atoms with Gasteiger partial charge in [-0.3, -0.25) is 4.79 Å². The van der Waals surface area contributed by atoms with E-state index in [2.05, 4.69) is 5.32 Å². The van der Waals surface area contributed by atoms with Gasteiger partial charge in [-0.05, 0) is 18.4 Å². The van der Waals surface area contributed by atoms with Crippen LogP contribution in [0.15, 0.2) is 18.2 Å². The highest BCUT2D eigenvalue weighted by atomic mass is 19.1. The molecule has 0 saturated carbocycles. The molecule has 2 atom stereocenters. The van der Waals surface area contributed by atoms with Gasteiger partial charge in [-0.1, -0.05) is 13.0 Å². The Balaban J connectivity index is 1.95. The molecule has 126 valence electrons. The minimum atomic E-state index is -0.893. The molecular formula is C16H21FN2O4. The van der Waals surface area contributed by atoms with Gasteiger partial charge in [-0.2, -0.15) is 0 Å². The molecule has 1 aliphatic heterocycles. The van der Waals surface area contributed by atoms with Gasteiger partial charge in [0.25, 0.3) is 0 Å². The van der Waals surface area contributed by atoms with Crippen LogP contribution in [0.4, 0.5) is 9.18 Å². The highest BCUT2D eigenvalue weighted by molar-refractivity contribution is 5.76. The summed E-state index contributed by atoms with van der Waals surface area (Å²) in [4.78, 5) is 24.8. The Morgan fingerprint density at radius 2 is 2.17 bits per heavy atom. The van der Waals surface area contributed by atoms with E-state index in [1.54, 1.807) is 12.1 Å². The van der Waals surface area contributed by atoms with E-state index in [1.165, 1.54) is 18.1 Å². The van der Waals surface area contributed by atoms with Gasteiger partial charge in [-0.15, -0.1) is 0 Å². The zero-order chi connectivity index (χ0) is 17.0. The molecule has 0 bridgehead atoms. The number of urea groups is 1. The lowest BCUT2D eigenvalue weighted by molar-refractivity contribution is -0.143. The van der Waals surface area contributed by atoms with Crippen LogP contribution in [-0.4, -0.2) is 42.2 Å². The number of carbonyl (C=O) groups excluding carboxylic acids is 1. The number of carboxylic acid groups (broad SMARTS) is 1. The fourth-order valence-electron chi connectivity index (χ4n) is 2.78. The van der Waals surface area contributed by atoms with Crippen molar-refractivity contribution in [3.63, 3.8) is 0 Å². The van der Waals surface area contributed by atoms with Crippen molar-refractivity contribution in [2.75, 3.05) is 20.2 Å². The van der Waals surface area contributed by atoms with E-state index in [1.807, 2.05) is 6.92 Å². The molecule has 2 rings (SSSR count). The summed E-state index contributed by atoms with van der Waals surface area (Å²) in [6.45, 7) is 2.63. The minimum Gasteiger partial charge on any atom is -0.497 e. The van der Waals surface area contributed by atoms with E-state index in [0.29, 0.717) is 24.3 Å². The van der Waals surface area contributed by atoms with Crippen LogP contribution in [0.2, 0.25) is 0 Å². The molecule has 1 heterocycles. The predicted octanol–water partition coefficient (Wildman–Crippen LogP) is 2.09. The molecule has 1 aromatic carbocycles. The summed E-state index contributed by atoms with van der Waals surface area (Å²) < 4.78 is 18.8. The van der Waals surface area contributed by atoms with Crippen LogP contribution in [-0.2, 0) is 11.3 Å². The lowest BCUT2D eigenvalue weighted by Gasteiger charge is -2.34. The second-order valence-electron chi connectivity index (χ2n) is 5.90. The van der Waals surface area contributed by atoms with E-state index in [0.717, 1.165) is 0 Å². The van der Waals surface area contributed by atoms with Gasteiger partial charge in [0.2, 0.25) is 0 Å². The monoisotopic (exact) mass is 324 g/mol. The summed E-state index contributed by atoms with van der Waals surface area (Å²) in [5, 5.41) is 11.8. The standard InChI is InChI=1S/C16H21FN2O4/c1-10-5-12(15(20)21)9-19(8-10)16(22)18-7-11-3-4-13(23-2)6-14(11)17/h3-4,6,10,12H,5,7-9H2,1-2H3,(H,18,22)(H,20,21). The molecule has 1 aliphatic rings. The molecule has 2 N–H and O–H groups in total. The largest absolute Gasteiger partial charge is 0.497 e. The number of carboxylic acids is 1. The van der Waals surface area contributed by atoms with Crippen LogP contribution in [0.5, 0.6) is 5.75 Å². The highest BCUT2D eigenvalue weighted by Gasteiger charge is 2.31. The zero-order valence-electron chi connectivity index (χ0n) is 13.2. The van der Waals surface area contributed by atoms with Crippen molar-refractivity contribution in [3.8, 4) is 5.75 Å². The van der Waals surface area contributed by atoms with Crippen LogP contribution in [0, 0.1) is 17.7 Å². The summed E-state index contributed by atoms with van der Waals surface area (Å²) >= 11 is 0. The topological polar surface area (TPSA) is 78.9 Å². The van der Waals surface area contributed by atoms with Gasteiger partial charge in [0, 0.05) is 31.3 Å². The molecule has 0 spiro atoms. The van der Waals surface area contributed by atoms with Crippen molar-refractivity contribution in [3.05, 3.63) is 29.6 Å². The molecule has 1 fully saturated rings. The number of likely N-dealkylation sites (tertiary alicyclic amines) is 1. The van der Waals surface area contributed by atoms with E-state index in [9.17, 15) is 14.0 Å². The number of nitrogens with zero attached hydrogens (tertiary/aromatic N) is 1. The Morgan fingerprint density at radius 1 is 1.43 bits per heavy atom. The molecule has 1 saturated heterocycles. The highest BCUT2D eigenvalue weighted by Crippen LogP contribution is 2.22. The van der Waals surface area contributed by atoms with Crippen LogP contribution in [0.1, 0.15) is 18.9 Å². The number of halogens is 1. The second kappa shape index (κ2) is 7.30. The van der Waals surface area contributed by atoms with Crippen molar-refractivity contribution in [1.82, 2.24) is 10.2 Å². The molecule has 1 aromatic rings. The number of methoxy groups -OCH3 is 1. The maximum atomic E-state index is 13.8. The average Bonchev–Trinajstić information content (AvgIpc) is 2.52. The number of amides is 2. The quantitative estimate of drug-likeness (QED) is 0.889. The van der Waals surface area contributed by atoms with Crippen molar-refractivity contribution in [1.29, 1.82) is 0 Å². The second-order valence-corrected chi connectivity index (χ2v) is 5.90. The summed E-state index contributed by atoms with van der Waals surface area (Å²) in [5.41, 5.74) is 0.346. The molecule has 2 amide bonds. The molecule has 0 aromatic heterocycles. The lowest BCUT2D eigenvalue weighted by atomic mass is 9.91. The lowest BCUT2D eigenvalue weighted by Crippen LogP contribution is -2.49. The number of carbonyl (C=O) groups is 2. The first-order valence-electron chi connectivity index (χ1n) is 7.48. The Hall–Kier alpha value is -2.31. The third-order valence-electron chi connectivity index (χ3n) is 3.99. The van der Waals surface area contributed by atoms with Crippen molar-refractivity contribution >= 4 is 12.0 Å². The fraction of sp³-hybridized carbons (Fsp3) is 0.500. The van der Waals surface area contributed by atoms with E-state index >= 15 is 0 Å². The first kappa shape index (κ1) is 17.1. The van der Waals surface area contributed by atoms with E-state index < -0.39 is 17.7 Å².